The van der Waals surface area contributed by atoms with Crippen molar-refractivity contribution in [3.63, 3.8) is 0 Å². The van der Waals surface area contributed by atoms with Gasteiger partial charge in [-0.1, -0.05) is 41.6 Å². The Morgan fingerprint density at radius 1 is 1.12 bits per heavy atom. The Labute approximate surface area is 185 Å². The third-order valence-electron chi connectivity index (χ3n) is 5.49. The first-order valence-corrected chi connectivity index (χ1v) is 9.79. The molecule has 1 N–H and O–H groups in total. The number of carboxylic acid groups (broad SMARTS) is 1. The van der Waals surface area contributed by atoms with Crippen molar-refractivity contribution in [2.45, 2.75) is 31.9 Å². The van der Waals surface area contributed by atoms with Crippen LogP contribution >= 0.6 is 0 Å². The topological polar surface area (TPSA) is 89.1 Å². The fourth-order valence-electron chi connectivity index (χ4n) is 3.81. The summed E-state index contributed by atoms with van der Waals surface area (Å²) >= 11 is 0. The van der Waals surface area contributed by atoms with E-state index in [0.29, 0.717) is 17.2 Å². The van der Waals surface area contributed by atoms with Crippen LogP contribution in [0.4, 0.5) is 17.6 Å². The van der Waals surface area contributed by atoms with Gasteiger partial charge in [-0.05, 0) is 37.1 Å². The lowest BCUT2D eigenvalue weighted by Gasteiger charge is -2.30. The summed E-state index contributed by atoms with van der Waals surface area (Å²) in [7, 11) is 0. The lowest BCUT2D eigenvalue weighted by atomic mass is 9.74. The maximum Gasteiger partial charge on any atom is 0.433 e. The molecule has 0 fully saturated rings. The number of allylic oxidation sites excluding steroid dienone is 3. The Morgan fingerprint density at radius 2 is 1.82 bits per heavy atom. The lowest BCUT2D eigenvalue weighted by molar-refractivity contribution is -0.145. The first kappa shape index (κ1) is 22.4. The van der Waals surface area contributed by atoms with Crippen molar-refractivity contribution in [1.82, 2.24) is 15.1 Å². The van der Waals surface area contributed by atoms with Crippen molar-refractivity contribution in [3.05, 3.63) is 82.9 Å². The fourth-order valence-corrected chi connectivity index (χ4v) is 3.81. The van der Waals surface area contributed by atoms with Gasteiger partial charge in [0.1, 0.15) is 17.3 Å². The lowest BCUT2D eigenvalue weighted by Crippen LogP contribution is -2.40. The molecule has 10 heteroatoms. The Morgan fingerprint density at radius 3 is 2.39 bits per heavy atom. The highest BCUT2D eigenvalue weighted by molar-refractivity contribution is 5.89. The van der Waals surface area contributed by atoms with E-state index in [0.717, 1.165) is 6.08 Å². The van der Waals surface area contributed by atoms with Crippen LogP contribution < -0.4 is 0 Å². The van der Waals surface area contributed by atoms with Gasteiger partial charge in [0.15, 0.2) is 11.2 Å². The molecular weight excluding hydrogens is 442 g/mol. The van der Waals surface area contributed by atoms with Crippen molar-refractivity contribution in [2.24, 2.45) is 0 Å². The molecule has 2 heterocycles. The minimum atomic E-state index is -4.93. The molecule has 0 aliphatic heterocycles. The molecule has 170 valence electrons. The van der Waals surface area contributed by atoms with Gasteiger partial charge in [-0.25, -0.2) is 14.4 Å². The van der Waals surface area contributed by atoms with Gasteiger partial charge < -0.3 is 9.63 Å². The van der Waals surface area contributed by atoms with Crippen molar-refractivity contribution in [1.29, 1.82) is 0 Å². The standard InChI is InChI=1S/C23H17F4N3O3/c1-12-19(13(2)33-30-12)16-10-18(23(25,26)27)29-20(28-16)22(21(31)32)11-15(8-9-17(22)24)14-6-4-3-5-7-14/h3-10H,11H2,1-2H3,(H,31,32). The van der Waals surface area contributed by atoms with Crippen LogP contribution in [-0.2, 0) is 16.4 Å². The summed E-state index contributed by atoms with van der Waals surface area (Å²) in [5.41, 5.74) is -2.78. The minimum Gasteiger partial charge on any atom is -0.480 e. The smallest absolute Gasteiger partial charge is 0.433 e. The molecule has 0 saturated carbocycles. The molecule has 0 amide bonds. The Kier molecular flexibility index (Phi) is 5.39. The van der Waals surface area contributed by atoms with Crippen LogP contribution in [0.15, 0.2) is 58.9 Å². The number of rotatable bonds is 4. The zero-order valence-electron chi connectivity index (χ0n) is 17.4. The van der Waals surface area contributed by atoms with Gasteiger partial charge in [-0.15, -0.1) is 0 Å². The van der Waals surface area contributed by atoms with Crippen molar-refractivity contribution in [2.75, 3.05) is 0 Å². The van der Waals surface area contributed by atoms with E-state index in [1.54, 1.807) is 30.3 Å². The van der Waals surface area contributed by atoms with E-state index in [-0.39, 0.29) is 22.7 Å². The first-order valence-electron chi connectivity index (χ1n) is 9.79. The summed E-state index contributed by atoms with van der Waals surface area (Å²) in [6, 6.07) is 9.23. The molecule has 1 unspecified atom stereocenters. The highest BCUT2D eigenvalue weighted by Crippen LogP contribution is 2.45. The van der Waals surface area contributed by atoms with Gasteiger partial charge in [0.25, 0.3) is 0 Å². The predicted octanol–water partition coefficient (Wildman–Crippen LogP) is 5.43. The van der Waals surface area contributed by atoms with E-state index in [9.17, 15) is 23.1 Å². The van der Waals surface area contributed by atoms with E-state index < -0.39 is 41.3 Å². The Hall–Kier alpha value is -3.82. The number of carbonyl (C=O) groups is 1. The molecule has 1 aliphatic carbocycles. The molecule has 0 radical (unpaired) electrons. The van der Waals surface area contributed by atoms with Crippen LogP contribution in [-0.4, -0.2) is 26.2 Å². The molecule has 3 aromatic rings. The number of halogens is 4. The summed E-state index contributed by atoms with van der Waals surface area (Å²) < 4.78 is 61.4. The number of hydrogen-bond acceptors (Lipinski definition) is 5. The van der Waals surface area contributed by atoms with E-state index in [1.807, 2.05) is 0 Å². The molecule has 33 heavy (non-hydrogen) atoms. The summed E-state index contributed by atoms with van der Waals surface area (Å²) in [6.07, 6.45) is -3.08. The summed E-state index contributed by atoms with van der Waals surface area (Å²) in [6.45, 7) is 2.99. The molecule has 0 saturated heterocycles. The second-order valence-electron chi connectivity index (χ2n) is 7.62. The normalized spacial score (nSPS) is 18.6. The quantitative estimate of drug-likeness (QED) is 0.524. The van der Waals surface area contributed by atoms with E-state index in [2.05, 4.69) is 15.1 Å². The van der Waals surface area contributed by atoms with Crippen LogP contribution in [0.5, 0.6) is 0 Å². The molecule has 1 aromatic carbocycles. The zero-order chi connectivity index (χ0) is 24.0. The second-order valence-corrected chi connectivity index (χ2v) is 7.62. The van der Waals surface area contributed by atoms with E-state index in [4.69, 9.17) is 4.52 Å². The monoisotopic (exact) mass is 459 g/mol. The molecule has 2 aromatic heterocycles. The number of alkyl halides is 3. The molecule has 1 atom stereocenters. The third-order valence-corrected chi connectivity index (χ3v) is 5.49. The Balaban J connectivity index is 1.97. The average molecular weight is 459 g/mol. The number of aromatic nitrogens is 3. The van der Waals surface area contributed by atoms with Gasteiger partial charge in [0, 0.05) is 6.42 Å². The number of aryl methyl sites for hydroxylation is 2. The summed E-state index contributed by atoms with van der Waals surface area (Å²) in [5.74, 6) is -3.50. The SMILES string of the molecule is Cc1noc(C)c1-c1cc(C(F)(F)F)nc(C2(C(=O)O)CC(c3ccccc3)=CC=C2F)n1. The minimum absolute atomic E-state index is 0.156. The number of carboxylic acids is 1. The van der Waals surface area contributed by atoms with Crippen molar-refractivity contribution >= 4 is 11.5 Å². The van der Waals surface area contributed by atoms with Crippen LogP contribution in [0.2, 0.25) is 0 Å². The van der Waals surface area contributed by atoms with Crippen LogP contribution in [0.1, 0.15) is 35.0 Å². The first-order chi connectivity index (χ1) is 15.5. The van der Waals surface area contributed by atoms with Gasteiger partial charge in [0.2, 0.25) is 0 Å². The second kappa shape index (κ2) is 7.95. The molecule has 4 rings (SSSR count). The average Bonchev–Trinajstić information content (AvgIpc) is 3.11. The Bertz CT molecular complexity index is 1280. The van der Waals surface area contributed by atoms with Crippen LogP contribution in [0.25, 0.3) is 16.8 Å². The van der Waals surface area contributed by atoms with Gasteiger partial charge in [0.05, 0.1) is 17.0 Å². The summed E-state index contributed by atoms with van der Waals surface area (Å²) in [5, 5.41) is 13.8. The maximum absolute atomic E-state index is 15.2. The largest absolute Gasteiger partial charge is 0.480 e. The highest BCUT2D eigenvalue weighted by atomic mass is 19.4. The number of aliphatic carboxylic acids is 1. The molecule has 1 aliphatic rings. The molecule has 6 nitrogen and oxygen atoms in total. The fraction of sp³-hybridized carbons (Fsp3) is 0.217. The van der Waals surface area contributed by atoms with Gasteiger partial charge >= 0.3 is 12.1 Å². The molecule has 0 spiro atoms. The van der Waals surface area contributed by atoms with E-state index >= 15 is 4.39 Å². The van der Waals surface area contributed by atoms with Crippen LogP contribution in [0, 0.1) is 13.8 Å². The maximum atomic E-state index is 15.2. The number of benzene rings is 1. The number of hydrogen-bond donors (Lipinski definition) is 1. The van der Waals surface area contributed by atoms with Crippen molar-refractivity contribution < 1.29 is 32.0 Å². The predicted molar refractivity (Wildman–Crippen MR) is 110 cm³/mol. The molecule has 0 bridgehead atoms. The van der Waals surface area contributed by atoms with E-state index in [1.165, 1.54) is 19.9 Å². The van der Waals surface area contributed by atoms with Gasteiger partial charge in [-0.3, -0.25) is 4.79 Å². The third kappa shape index (κ3) is 3.81. The van der Waals surface area contributed by atoms with Crippen molar-refractivity contribution in [3.8, 4) is 11.3 Å². The van der Waals surface area contributed by atoms with Crippen LogP contribution in [0.3, 0.4) is 0 Å². The summed E-state index contributed by atoms with van der Waals surface area (Å²) in [4.78, 5) is 20.1. The highest BCUT2D eigenvalue weighted by Gasteiger charge is 2.51. The molecular formula is C23H17F4N3O3. The number of nitrogens with zero attached hydrogens (tertiary/aromatic N) is 3. The van der Waals surface area contributed by atoms with Gasteiger partial charge in [-0.2, -0.15) is 13.2 Å². The zero-order valence-corrected chi connectivity index (χ0v) is 17.4.